The largest absolute Gasteiger partial charge is 0.496 e. The molecule has 0 aliphatic carbocycles. The molecule has 4 N–H and O–H groups in total. The molecule has 0 atom stereocenters. The molecule has 0 aliphatic heterocycles. The number of ether oxygens (including phenoxy) is 1. The number of fused-ring (bicyclic) bond motifs is 4. The number of para-hydroxylation sites is 2. The monoisotopic (exact) mass is 928 g/mol. The van der Waals surface area contributed by atoms with E-state index in [1.807, 2.05) is 60.7 Å². The van der Waals surface area contributed by atoms with Gasteiger partial charge in [-0.25, -0.2) is 19.9 Å². The van der Waals surface area contributed by atoms with Crippen LogP contribution in [0.4, 0.5) is 24.8 Å². The molecule has 0 saturated carbocycles. The van der Waals surface area contributed by atoms with Crippen LogP contribution in [0.25, 0.3) is 66.6 Å². The maximum Gasteiger partial charge on any atom is 0.417 e. The molecule has 0 fully saturated rings. The van der Waals surface area contributed by atoms with Crippen molar-refractivity contribution in [3.63, 3.8) is 0 Å². The van der Waals surface area contributed by atoms with Gasteiger partial charge < -0.3 is 25.3 Å². The zero-order valence-electron chi connectivity index (χ0n) is 33.6. The van der Waals surface area contributed by atoms with Crippen molar-refractivity contribution in [2.75, 3.05) is 17.7 Å². The third kappa shape index (κ3) is 9.00. The maximum absolute atomic E-state index is 13.5. The summed E-state index contributed by atoms with van der Waals surface area (Å²) in [4.78, 5) is 49.4. The molecule has 4 heterocycles. The number of benzene rings is 6. The lowest BCUT2D eigenvalue weighted by Gasteiger charge is -2.12. The minimum Gasteiger partial charge on any atom is -0.496 e. The summed E-state index contributed by atoms with van der Waals surface area (Å²) in [6, 6.07) is 39.2. The van der Waals surface area contributed by atoms with E-state index in [2.05, 4.69) is 40.5 Å². The van der Waals surface area contributed by atoms with Crippen LogP contribution in [0.5, 0.6) is 5.75 Å². The lowest BCUT2D eigenvalue weighted by Crippen LogP contribution is -2.12. The fraction of sp³-hybridized carbons (Fsp3) is 0.0417. The summed E-state index contributed by atoms with van der Waals surface area (Å²) < 4.78 is 45.9. The number of hydrogen-bond donors (Lipinski definition) is 4. The third-order valence-electron chi connectivity index (χ3n) is 10.2. The number of halogens is 6. The molecule has 0 aliphatic rings. The number of anilines is 2. The molecule has 10 aromatic rings. The first-order valence-corrected chi connectivity index (χ1v) is 20.7. The van der Waals surface area contributed by atoms with Crippen molar-refractivity contribution in [2.45, 2.75) is 6.18 Å². The lowest BCUT2D eigenvalue weighted by atomic mass is 10.1. The fourth-order valence-corrected chi connectivity index (χ4v) is 7.96. The summed E-state index contributed by atoms with van der Waals surface area (Å²) in [5.74, 6) is 1.18. The van der Waals surface area contributed by atoms with E-state index in [9.17, 15) is 22.8 Å². The van der Waals surface area contributed by atoms with Crippen molar-refractivity contribution in [3.05, 3.63) is 171 Å². The highest BCUT2D eigenvalue weighted by Gasteiger charge is 2.35. The number of nitrogens with zero attached hydrogens (tertiary/aromatic N) is 4. The Hall–Kier alpha value is -7.52. The van der Waals surface area contributed by atoms with Crippen LogP contribution >= 0.6 is 34.8 Å². The Kier molecular flexibility index (Phi) is 11.6. The van der Waals surface area contributed by atoms with Gasteiger partial charge in [-0.05, 0) is 97.1 Å². The quantitative estimate of drug-likeness (QED) is 0.124. The number of aromatic nitrogens is 6. The highest BCUT2D eigenvalue weighted by Crippen LogP contribution is 2.41. The first-order valence-electron chi connectivity index (χ1n) is 19.5. The summed E-state index contributed by atoms with van der Waals surface area (Å²) in [6.07, 6.45) is -4.60. The van der Waals surface area contributed by atoms with Gasteiger partial charge in [0.2, 0.25) is 0 Å². The van der Waals surface area contributed by atoms with Gasteiger partial charge in [0.15, 0.2) is 0 Å². The molecule has 2 amide bonds. The first-order chi connectivity index (χ1) is 31.3. The topological polar surface area (TPSA) is 151 Å². The molecule has 11 nitrogen and oxygen atoms in total. The number of alkyl halides is 3. The SMILES string of the molecule is COc1cc(Cl)cc(Cl)c1-c1nc2ccc(C(=O)Nc3ccc4ccccc4n3)cc2[nH]1.O=C(Nc1ccc2ccccc2n1)c1ccc2nc(-c3c(Cl)cccc3C(F)(F)F)[nH]c2c1. The number of pyridine rings is 2. The zero-order chi connectivity index (χ0) is 45.4. The number of H-pyrrole nitrogens is 2. The van der Waals surface area contributed by atoms with Gasteiger partial charge in [-0.2, -0.15) is 13.2 Å². The second-order valence-electron chi connectivity index (χ2n) is 14.4. The highest BCUT2D eigenvalue weighted by atomic mass is 35.5. The lowest BCUT2D eigenvalue weighted by molar-refractivity contribution is -0.137. The minimum atomic E-state index is -4.60. The van der Waals surface area contributed by atoms with E-state index >= 15 is 0 Å². The molecular weight excluding hydrogens is 900 g/mol. The van der Waals surface area contributed by atoms with E-state index in [-0.39, 0.29) is 22.3 Å². The van der Waals surface area contributed by atoms with E-state index in [0.29, 0.717) is 72.0 Å². The summed E-state index contributed by atoms with van der Waals surface area (Å²) in [6.45, 7) is 0. The number of imidazole rings is 2. The average Bonchev–Trinajstić information content (AvgIpc) is 3.92. The Balaban J connectivity index is 0.000000164. The van der Waals surface area contributed by atoms with Crippen LogP contribution in [0, 0.1) is 0 Å². The smallest absolute Gasteiger partial charge is 0.417 e. The molecule has 65 heavy (non-hydrogen) atoms. The number of hydrogen-bond acceptors (Lipinski definition) is 7. The van der Waals surface area contributed by atoms with Crippen molar-refractivity contribution in [1.29, 1.82) is 0 Å². The summed E-state index contributed by atoms with van der Waals surface area (Å²) in [7, 11) is 1.54. The van der Waals surface area contributed by atoms with Crippen LogP contribution in [0.3, 0.4) is 0 Å². The Morgan fingerprint density at radius 2 is 1.08 bits per heavy atom. The predicted octanol–water partition coefficient (Wildman–Crippen LogP) is 13.0. The third-order valence-corrected chi connectivity index (χ3v) is 11.0. The fourth-order valence-electron chi connectivity index (χ4n) is 7.13. The van der Waals surface area contributed by atoms with Gasteiger partial charge in [-0.3, -0.25) is 9.59 Å². The molecule has 322 valence electrons. The summed E-state index contributed by atoms with van der Waals surface area (Å²) >= 11 is 18.6. The predicted molar refractivity (Wildman–Crippen MR) is 249 cm³/mol. The zero-order valence-corrected chi connectivity index (χ0v) is 35.8. The Bertz CT molecular complexity index is 3490. The Morgan fingerprint density at radius 1 is 0.554 bits per heavy atom. The van der Waals surface area contributed by atoms with Crippen molar-refractivity contribution in [1.82, 2.24) is 29.9 Å². The number of aromatic amines is 2. The molecular formula is C48H30Cl3F3N8O3. The van der Waals surface area contributed by atoms with Crippen LogP contribution in [-0.2, 0) is 6.18 Å². The van der Waals surface area contributed by atoms with E-state index in [1.54, 1.807) is 54.6 Å². The van der Waals surface area contributed by atoms with Crippen molar-refractivity contribution >= 4 is 102 Å². The number of nitrogens with one attached hydrogen (secondary N) is 4. The normalized spacial score (nSPS) is 11.4. The second-order valence-corrected chi connectivity index (χ2v) is 15.7. The van der Waals surface area contributed by atoms with Crippen molar-refractivity contribution < 1.29 is 27.5 Å². The molecule has 17 heteroatoms. The molecule has 0 radical (unpaired) electrons. The van der Waals surface area contributed by atoms with Crippen molar-refractivity contribution in [3.8, 4) is 28.5 Å². The molecule has 0 bridgehead atoms. The first kappa shape index (κ1) is 42.8. The number of methoxy groups -OCH3 is 1. The summed E-state index contributed by atoms with van der Waals surface area (Å²) in [5, 5.41) is 8.33. The van der Waals surface area contributed by atoms with Gasteiger partial charge in [-0.15, -0.1) is 0 Å². The van der Waals surface area contributed by atoms with Crippen LogP contribution in [0.1, 0.15) is 26.3 Å². The molecule has 0 spiro atoms. The average molecular weight is 930 g/mol. The number of carbonyl (C=O) groups excluding carboxylic acids is 2. The maximum atomic E-state index is 13.5. The Labute approximate surface area is 381 Å². The number of carbonyl (C=O) groups is 2. The molecule has 0 unspecified atom stereocenters. The van der Waals surface area contributed by atoms with Gasteiger partial charge in [-0.1, -0.05) is 77.3 Å². The van der Waals surface area contributed by atoms with Gasteiger partial charge in [0.05, 0.1) is 61.4 Å². The Morgan fingerprint density at radius 3 is 1.60 bits per heavy atom. The van der Waals surface area contributed by atoms with Crippen LogP contribution < -0.4 is 15.4 Å². The minimum absolute atomic E-state index is 0.0309. The van der Waals surface area contributed by atoms with Gasteiger partial charge >= 0.3 is 6.18 Å². The number of amides is 2. The van der Waals surface area contributed by atoms with Crippen LogP contribution in [0.15, 0.2) is 140 Å². The summed E-state index contributed by atoms with van der Waals surface area (Å²) in [5.41, 5.74) is 3.96. The highest BCUT2D eigenvalue weighted by molar-refractivity contribution is 6.37. The second kappa shape index (κ2) is 17.6. The van der Waals surface area contributed by atoms with Gasteiger partial charge in [0, 0.05) is 32.5 Å². The molecule has 6 aromatic carbocycles. The van der Waals surface area contributed by atoms with E-state index < -0.39 is 17.6 Å². The van der Waals surface area contributed by atoms with Crippen LogP contribution in [0.2, 0.25) is 15.1 Å². The molecule has 10 rings (SSSR count). The van der Waals surface area contributed by atoms with E-state index in [4.69, 9.17) is 39.5 Å². The van der Waals surface area contributed by atoms with E-state index in [1.165, 1.54) is 25.3 Å². The van der Waals surface area contributed by atoms with Crippen LogP contribution in [-0.4, -0.2) is 48.8 Å². The number of rotatable bonds is 7. The van der Waals surface area contributed by atoms with E-state index in [0.717, 1.165) is 27.9 Å². The standard InChI is InChI=1S/C24H16Cl2N4O2.C24H14ClF3N4O/c1-32-20-12-15(25)11-16(26)22(20)23-28-18-8-6-14(10-19(18)29-23)24(31)30-21-9-7-13-4-2-3-5-17(13)27-21;25-16-6-3-5-15(24(26,27)28)21(16)22-30-18-10-8-14(12-19(18)31-22)23(33)32-20-11-9-13-4-1-2-7-17(13)29-20/h2-12H,1H3,(H,28,29)(H,27,30,31);1-12H,(H,30,31)(H,29,32,33). The van der Waals surface area contributed by atoms with Gasteiger partial charge in [0.1, 0.15) is 29.0 Å². The van der Waals surface area contributed by atoms with Crippen molar-refractivity contribution in [2.24, 2.45) is 0 Å². The molecule has 0 saturated heterocycles. The molecule has 4 aromatic heterocycles. The van der Waals surface area contributed by atoms with Gasteiger partial charge in [0.25, 0.3) is 11.8 Å².